The molecule has 4 aromatic rings. The van der Waals surface area contributed by atoms with Crippen molar-refractivity contribution in [2.24, 2.45) is 0 Å². The number of H-pyrrole nitrogens is 1. The van der Waals surface area contributed by atoms with Crippen LogP contribution in [0, 0.1) is 0 Å². The second-order valence-corrected chi connectivity index (χ2v) is 7.72. The van der Waals surface area contributed by atoms with Gasteiger partial charge in [-0.1, -0.05) is 41.9 Å². The topological polar surface area (TPSA) is 88.1 Å². The largest absolute Gasteiger partial charge is 0.494 e. The van der Waals surface area contributed by atoms with Gasteiger partial charge in [-0.25, -0.2) is 19.3 Å². The normalized spacial score (nSPS) is 16.6. The summed E-state index contributed by atoms with van der Waals surface area (Å²) in [7, 11) is 1.55. The lowest BCUT2D eigenvalue weighted by Gasteiger charge is -2.35. The van der Waals surface area contributed by atoms with E-state index >= 15 is 0 Å². The lowest BCUT2D eigenvalue weighted by atomic mass is 10.0. The Bertz CT molecular complexity index is 1290. The third-order valence-electron chi connectivity index (χ3n) is 5.49. The Morgan fingerprint density at radius 3 is 2.81 bits per heavy atom. The quantitative estimate of drug-likeness (QED) is 0.511. The van der Waals surface area contributed by atoms with Gasteiger partial charge in [0.15, 0.2) is 11.5 Å². The number of rotatable bonds is 4. The van der Waals surface area contributed by atoms with E-state index in [-0.39, 0.29) is 11.7 Å². The number of benzene rings is 1. The Balaban J connectivity index is 1.56. The number of anilines is 1. The van der Waals surface area contributed by atoms with Gasteiger partial charge >= 0.3 is 5.69 Å². The van der Waals surface area contributed by atoms with E-state index in [1.165, 1.54) is 10.1 Å². The number of pyridine rings is 2. The van der Waals surface area contributed by atoms with Gasteiger partial charge in [-0.2, -0.15) is 0 Å². The molecule has 0 spiro atoms. The van der Waals surface area contributed by atoms with E-state index in [4.69, 9.17) is 21.3 Å². The van der Waals surface area contributed by atoms with Crippen LogP contribution >= 0.6 is 11.6 Å². The molecule has 0 saturated carbocycles. The minimum Gasteiger partial charge on any atom is -0.494 e. The van der Waals surface area contributed by atoms with Gasteiger partial charge in [-0.15, -0.1) is 0 Å². The van der Waals surface area contributed by atoms with Gasteiger partial charge in [-0.3, -0.25) is 4.98 Å². The summed E-state index contributed by atoms with van der Waals surface area (Å²) in [5.74, 6) is 1.61. The van der Waals surface area contributed by atoms with Gasteiger partial charge in [0.2, 0.25) is 0 Å². The van der Waals surface area contributed by atoms with E-state index in [0.717, 1.165) is 25.5 Å². The first-order valence-corrected chi connectivity index (χ1v) is 10.4. The van der Waals surface area contributed by atoms with E-state index in [9.17, 15) is 4.79 Å². The maximum atomic E-state index is 12.8. The monoisotopic (exact) mass is 436 g/mol. The van der Waals surface area contributed by atoms with E-state index in [2.05, 4.69) is 32.3 Å². The predicted octanol–water partition coefficient (Wildman–Crippen LogP) is 2.92. The number of methoxy groups -OCH3 is 1. The molecule has 0 bridgehead atoms. The standard InChI is InChI=1S/C22H21ClN6O2/c1-31-17-9-10-25-20-19(17)29(22(30)27-20)21-15(23)7-8-18(26-21)28-12-11-24-16(13-28)14-5-3-2-4-6-14/h2-10,16,24H,11-13H2,1H3,(H,25,27,30). The summed E-state index contributed by atoms with van der Waals surface area (Å²) in [4.78, 5) is 26.7. The molecule has 9 heteroatoms. The molecule has 1 unspecified atom stereocenters. The molecule has 31 heavy (non-hydrogen) atoms. The zero-order valence-electron chi connectivity index (χ0n) is 16.9. The molecule has 1 aliphatic rings. The number of nitrogens with one attached hydrogen (secondary N) is 2. The first kappa shape index (κ1) is 19.6. The zero-order chi connectivity index (χ0) is 21.4. The van der Waals surface area contributed by atoms with E-state index in [1.54, 1.807) is 25.4 Å². The van der Waals surface area contributed by atoms with Crippen LogP contribution in [0.3, 0.4) is 0 Å². The molecule has 0 amide bonds. The van der Waals surface area contributed by atoms with Crippen LogP contribution < -0.4 is 20.6 Å². The van der Waals surface area contributed by atoms with Crippen molar-refractivity contribution in [1.82, 2.24) is 24.8 Å². The number of aromatic amines is 1. The zero-order valence-corrected chi connectivity index (χ0v) is 17.6. The van der Waals surface area contributed by atoms with Gasteiger partial charge in [0, 0.05) is 37.9 Å². The van der Waals surface area contributed by atoms with Crippen LogP contribution in [0.4, 0.5) is 5.82 Å². The fourth-order valence-electron chi connectivity index (χ4n) is 3.99. The number of fused-ring (bicyclic) bond motifs is 1. The van der Waals surface area contributed by atoms with Gasteiger partial charge < -0.3 is 15.0 Å². The third kappa shape index (κ3) is 3.54. The highest BCUT2D eigenvalue weighted by Gasteiger charge is 2.24. The highest BCUT2D eigenvalue weighted by atomic mass is 35.5. The van der Waals surface area contributed by atoms with Crippen LogP contribution in [0.15, 0.2) is 59.5 Å². The Hall–Kier alpha value is -3.36. The van der Waals surface area contributed by atoms with Crippen molar-refractivity contribution in [3.8, 4) is 11.6 Å². The van der Waals surface area contributed by atoms with Crippen molar-refractivity contribution in [3.05, 3.63) is 75.8 Å². The summed E-state index contributed by atoms with van der Waals surface area (Å²) in [6, 6.07) is 15.9. The molecule has 1 aromatic carbocycles. The molecule has 8 nitrogen and oxygen atoms in total. The Kier molecular flexibility index (Phi) is 5.09. The molecule has 4 heterocycles. The maximum absolute atomic E-state index is 12.8. The second-order valence-electron chi connectivity index (χ2n) is 7.31. The van der Waals surface area contributed by atoms with Crippen molar-refractivity contribution >= 4 is 28.6 Å². The van der Waals surface area contributed by atoms with Crippen LogP contribution in [0.2, 0.25) is 5.02 Å². The summed E-state index contributed by atoms with van der Waals surface area (Å²) in [6.07, 6.45) is 1.58. The first-order valence-electron chi connectivity index (χ1n) is 9.99. The second kappa shape index (κ2) is 8.05. The van der Waals surface area contributed by atoms with E-state index in [0.29, 0.717) is 27.8 Å². The lowest BCUT2D eigenvalue weighted by molar-refractivity contribution is 0.418. The van der Waals surface area contributed by atoms with E-state index < -0.39 is 0 Å². The minimum atomic E-state index is -0.374. The van der Waals surface area contributed by atoms with Gasteiger partial charge in [-0.05, 0) is 17.7 Å². The maximum Gasteiger partial charge on any atom is 0.333 e. The molecule has 0 radical (unpaired) electrons. The smallest absolute Gasteiger partial charge is 0.333 e. The van der Waals surface area contributed by atoms with Crippen molar-refractivity contribution < 1.29 is 4.74 Å². The first-order chi connectivity index (χ1) is 15.2. The molecule has 158 valence electrons. The van der Waals surface area contributed by atoms with E-state index in [1.807, 2.05) is 24.3 Å². The Morgan fingerprint density at radius 2 is 2.00 bits per heavy atom. The third-order valence-corrected chi connectivity index (χ3v) is 5.78. The van der Waals surface area contributed by atoms with Gasteiger partial charge in [0.05, 0.1) is 12.1 Å². The Labute approximate surface area is 183 Å². The number of nitrogens with zero attached hydrogens (tertiary/aromatic N) is 4. The number of ether oxygens (including phenoxy) is 1. The molecule has 0 aliphatic carbocycles. The minimum absolute atomic E-state index is 0.191. The Morgan fingerprint density at radius 1 is 1.16 bits per heavy atom. The number of halogens is 1. The number of hydrogen-bond donors (Lipinski definition) is 2. The molecule has 2 N–H and O–H groups in total. The molecule has 1 aliphatic heterocycles. The average molecular weight is 437 g/mol. The highest BCUT2D eigenvalue weighted by molar-refractivity contribution is 6.32. The number of piperazine rings is 1. The number of imidazole rings is 1. The van der Waals surface area contributed by atoms with Gasteiger partial charge in [0.1, 0.15) is 17.1 Å². The van der Waals surface area contributed by atoms with Crippen LogP contribution in [0.25, 0.3) is 17.0 Å². The van der Waals surface area contributed by atoms with Crippen molar-refractivity contribution in [2.45, 2.75) is 6.04 Å². The predicted molar refractivity (Wildman–Crippen MR) is 120 cm³/mol. The molecular weight excluding hydrogens is 416 g/mol. The van der Waals surface area contributed by atoms with Crippen molar-refractivity contribution in [3.63, 3.8) is 0 Å². The molecule has 1 fully saturated rings. The number of aromatic nitrogens is 4. The molecule has 1 atom stereocenters. The summed E-state index contributed by atoms with van der Waals surface area (Å²) < 4.78 is 6.86. The molecule has 5 rings (SSSR count). The average Bonchev–Trinajstić information content (AvgIpc) is 3.16. The molecule has 1 saturated heterocycles. The van der Waals surface area contributed by atoms with Crippen molar-refractivity contribution in [2.75, 3.05) is 31.6 Å². The van der Waals surface area contributed by atoms with Crippen LogP contribution in [-0.2, 0) is 0 Å². The summed E-state index contributed by atoms with van der Waals surface area (Å²) >= 11 is 6.49. The summed E-state index contributed by atoms with van der Waals surface area (Å²) in [5.41, 5.74) is 1.77. The highest BCUT2D eigenvalue weighted by Crippen LogP contribution is 2.29. The van der Waals surface area contributed by atoms with Crippen LogP contribution in [0.5, 0.6) is 5.75 Å². The van der Waals surface area contributed by atoms with Crippen molar-refractivity contribution in [1.29, 1.82) is 0 Å². The van der Waals surface area contributed by atoms with Crippen LogP contribution in [-0.4, -0.2) is 46.3 Å². The molecule has 3 aromatic heterocycles. The fourth-order valence-corrected chi connectivity index (χ4v) is 4.18. The van der Waals surface area contributed by atoms with Gasteiger partial charge in [0.25, 0.3) is 0 Å². The van der Waals surface area contributed by atoms with Crippen LogP contribution in [0.1, 0.15) is 11.6 Å². The molecular formula is C22H21ClN6O2. The summed E-state index contributed by atoms with van der Waals surface area (Å²) in [5, 5.41) is 3.92. The number of hydrogen-bond acceptors (Lipinski definition) is 6. The summed E-state index contributed by atoms with van der Waals surface area (Å²) in [6.45, 7) is 2.38. The SMILES string of the molecule is COc1ccnc2[nH]c(=O)n(-c3nc(N4CCNC(c5ccccc5)C4)ccc3Cl)c12. The lowest BCUT2D eigenvalue weighted by Crippen LogP contribution is -2.46. The fraction of sp³-hybridized carbons (Fsp3) is 0.227.